The van der Waals surface area contributed by atoms with Crippen molar-refractivity contribution >= 4 is 5.78 Å². The predicted octanol–water partition coefficient (Wildman–Crippen LogP) is 3.14. The Balaban J connectivity index is 2.13. The summed E-state index contributed by atoms with van der Waals surface area (Å²) in [7, 11) is 0. The molecule has 1 heterocycles. The highest BCUT2D eigenvalue weighted by Crippen LogP contribution is 2.21. The number of Topliss-reactive ketones (excluding diaryl/α,β-unsaturated/α-hetero) is 1. The number of carbonyl (C=O) groups excluding carboxylic acids is 1. The fourth-order valence-electron chi connectivity index (χ4n) is 2.76. The lowest BCUT2D eigenvalue weighted by atomic mass is 9.98. The van der Waals surface area contributed by atoms with Gasteiger partial charge in [-0.15, -0.1) is 0 Å². The normalized spacial score (nSPS) is 29.6. The van der Waals surface area contributed by atoms with Gasteiger partial charge in [-0.2, -0.15) is 0 Å². The molecule has 1 N–H and O–H groups in total. The van der Waals surface area contributed by atoms with E-state index in [0.717, 1.165) is 18.5 Å². The van der Waals surface area contributed by atoms with Gasteiger partial charge in [0.05, 0.1) is 0 Å². The van der Waals surface area contributed by atoms with Gasteiger partial charge >= 0.3 is 0 Å². The molecule has 1 atom stereocenters. The maximum absolute atomic E-state index is 11.7. The minimum absolute atomic E-state index is 0.218. The lowest BCUT2D eigenvalue weighted by molar-refractivity contribution is -0.113. The largest absolute Gasteiger partial charge is 0.306 e. The van der Waals surface area contributed by atoms with Crippen LogP contribution >= 0.6 is 0 Å². The lowest BCUT2D eigenvalue weighted by Gasteiger charge is -2.08. The van der Waals surface area contributed by atoms with Gasteiger partial charge in [-0.25, -0.2) is 0 Å². The number of allylic oxidation sites excluding steroid dienone is 1. The van der Waals surface area contributed by atoms with E-state index in [4.69, 9.17) is 0 Å². The monoisotopic (exact) mass is 233 g/mol. The van der Waals surface area contributed by atoms with E-state index in [-0.39, 0.29) is 5.78 Å². The van der Waals surface area contributed by atoms with E-state index in [0.29, 0.717) is 6.04 Å². The van der Waals surface area contributed by atoms with Crippen molar-refractivity contribution in [3.05, 3.63) is 23.3 Å². The molecule has 0 spiro atoms. The molecule has 0 fully saturated rings. The van der Waals surface area contributed by atoms with E-state index in [1.54, 1.807) is 6.92 Å². The summed E-state index contributed by atoms with van der Waals surface area (Å²) in [4.78, 5) is 11.7. The van der Waals surface area contributed by atoms with Crippen LogP contribution < -0.4 is 5.32 Å². The van der Waals surface area contributed by atoms with E-state index in [1.807, 2.05) is 0 Å². The summed E-state index contributed by atoms with van der Waals surface area (Å²) >= 11 is 0. The van der Waals surface area contributed by atoms with Gasteiger partial charge < -0.3 is 5.32 Å². The zero-order chi connectivity index (χ0) is 12.1. The molecule has 94 valence electrons. The Morgan fingerprint density at radius 1 is 1.24 bits per heavy atom. The third kappa shape index (κ3) is 3.53. The molecule has 2 aliphatic rings. The van der Waals surface area contributed by atoms with Crippen LogP contribution in [0.2, 0.25) is 0 Å². The molecule has 0 saturated carbocycles. The molecule has 0 saturated heterocycles. The molecule has 0 aromatic heterocycles. The summed E-state index contributed by atoms with van der Waals surface area (Å²) in [5.41, 5.74) is 2.18. The van der Waals surface area contributed by atoms with E-state index < -0.39 is 0 Å². The van der Waals surface area contributed by atoms with Crippen LogP contribution in [-0.4, -0.2) is 18.4 Å². The first-order chi connectivity index (χ1) is 8.27. The maximum atomic E-state index is 11.7. The van der Waals surface area contributed by atoms with Gasteiger partial charge in [0, 0.05) is 18.2 Å². The predicted molar refractivity (Wildman–Crippen MR) is 71.0 cm³/mol. The summed E-state index contributed by atoms with van der Waals surface area (Å²) in [5.74, 6) is 0.218. The standard InChI is InChI=1S/C15H23NO/c1-12(17)15-9-7-5-3-2-4-6-8-14-10-13(15)11-16-14/h9-10,14,16H,2-8,11H2,1H3/b15-9-. The van der Waals surface area contributed by atoms with Crippen molar-refractivity contribution in [2.75, 3.05) is 6.54 Å². The van der Waals surface area contributed by atoms with Crippen molar-refractivity contribution < 1.29 is 4.79 Å². The first kappa shape index (κ1) is 12.6. The Bertz CT molecular complexity index is 341. The van der Waals surface area contributed by atoms with Crippen LogP contribution in [0.1, 0.15) is 51.9 Å². The second kappa shape index (κ2) is 6.15. The molecule has 2 bridgehead atoms. The summed E-state index contributed by atoms with van der Waals surface area (Å²) < 4.78 is 0. The number of hydrogen-bond acceptors (Lipinski definition) is 2. The van der Waals surface area contributed by atoms with Crippen molar-refractivity contribution in [3.8, 4) is 0 Å². The molecule has 1 aliphatic carbocycles. The second-order valence-electron chi connectivity index (χ2n) is 5.20. The first-order valence-corrected chi connectivity index (χ1v) is 6.93. The maximum Gasteiger partial charge on any atom is 0.159 e. The van der Waals surface area contributed by atoms with Crippen molar-refractivity contribution in [1.82, 2.24) is 5.32 Å². The SMILES string of the molecule is CC(=O)/C1=C/CCCCCCCC2C=C1CN2. The summed E-state index contributed by atoms with van der Waals surface area (Å²) in [6, 6.07) is 0.493. The zero-order valence-corrected chi connectivity index (χ0v) is 10.8. The highest BCUT2D eigenvalue weighted by molar-refractivity contribution is 5.97. The van der Waals surface area contributed by atoms with E-state index in [1.165, 1.54) is 44.1 Å². The fourth-order valence-corrected chi connectivity index (χ4v) is 2.76. The Kier molecular flexibility index (Phi) is 4.55. The highest BCUT2D eigenvalue weighted by atomic mass is 16.1. The molecule has 0 aromatic rings. The zero-order valence-electron chi connectivity index (χ0n) is 10.8. The molecule has 2 nitrogen and oxygen atoms in total. The van der Waals surface area contributed by atoms with Crippen LogP contribution in [0.3, 0.4) is 0 Å². The molecule has 0 amide bonds. The molecule has 17 heavy (non-hydrogen) atoms. The van der Waals surface area contributed by atoms with Crippen LogP contribution in [0.25, 0.3) is 0 Å². The number of fused-ring (bicyclic) bond motifs is 1. The van der Waals surface area contributed by atoms with Crippen LogP contribution in [0.15, 0.2) is 23.3 Å². The minimum atomic E-state index is 0.218. The third-order valence-electron chi connectivity index (χ3n) is 3.75. The summed E-state index contributed by atoms with van der Waals surface area (Å²) in [6.07, 6.45) is 13.2. The highest BCUT2D eigenvalue weighted by Gasteiger charge is 2.19. The lowest BCUT2D eigenvalue weighted by Crippen LogP contribution is -2.22. The van der Waals surface area contributed by atoms with E-state index in [9.17, 15) is 4.79 Å². The van der Waals surface area contributed by atoms with Gasteiger partial charge in [-0.1, -0.05) is 37.8 Å². The Morgan fingerprint density at radius 2 is 2.00 bits per heavy atom. The fraction of sp³-hybridized carbons (Fsp3) is 0.667. The van der Waals surface area contributed by atoms with Gasteiger partial charge in [-0.05, 0) is 31.8 Å². The Morgan fingerprint density at radius 3 is 2.82 bits per heavy atom. The molecule has 2 rings (SSSR count). The molecule has 0 aromatic carbocycles. The van der Waals surface area contributed by atoms with Crippen molar-refractivity contribution in [2.45, 2.75) is 57.9 Å². The number of rotatable bonds is 1. The Labute approximate surface area is 104 Å². The molecule has 1 unspecified atom stereocenters. The average molecular weight is 233 g/mol. The topological polar surface area (TPSA) is 29.1 Å². The smallest absolute Gasteiger partial charge is 0.159 e. The van der Waals surface area contributed by atoms with Gasteiger partial charge in [0.15, 0.2) is 5.78 Å². The first-order valence-electron chi connectivity index (χ1n) is 6.93. The summed E-state index contributed by atoms with van der Waals surface area (Å²) in [5, 5.41) is 3.49. The third-order valence-corrected chi connectivity index (χ3v) is 3.75. The van der Waals surface area contributed by atoms with Crippen molar-refractivity contribution in [2.24, 2.45) is 0 Å². The Hall–Kier alpha value is -0.890. The van der Waals surface area contributed by atoms with Gasteiger partial charge in [-0.3, -0.25) is 4.79 Å². The number of carbonyl (C=O) groups is 1. The van der Waals surface area contributed by atoms with Crippen LogP contribution in [0, 0.1) is 0 Å². The quantitative estimate of drug-likeness (QED) is 0.754. The van der Waals surface area contributed by atoms with E-state index in [2.05, 4.69) is 17.5 Å². The number of ketones is 1. The number of nitrogens with one attached hydrogen (secondary N) is 1. The second-order valence-corrected chi connectivity index (χ2v) is 5.20. The molecule has 2 heteroatoms. The minimum Gasteiger partial charge on any atom is -0.306 e. The van der Waals surface area contributed by atoms with Crippen LogP contribution in [0.4, 0.5) is 0 Å². The van der Waals surface area contributed by atoms with Crippen LogP contribution in [-0.2, 0) is 4.79 Å². The van der Waals surface area contributed by atoms with Crippen LogP contribution in [0.5, 0.6) is 0 Å². The van der Waals surface area contributed by atoms with Crippen molar-refractivity contribution in [3.63, 3.8) is 0 Å². The van der Waals surface area contributed by atoms with Gasteiger partial charge in [0.1, 0.15) is 0 Å². The van der Waals surface area contributed by atoms with Gasteiger partial charge in [0.25, 0.3) is 0 Å². The van der Waals surface area contributed by atoms with E-state index >= 15 is 0 Å². The molecule has 1 aliphatic heterocycles. The molecular formula is C15H23NO. The average Bonchev–Trinajstić information content (AvgIpc) is 2.73. The molecule has 0 radical (unpaired) electrons. The molecular weight excluding hydrogens is 210 g/mol. The number of hydrogen-bond donors (Lipinski definition) is 1. The van der Waals surface area contributed by atoms with Crippen molar-refractivity contribution in [1.29, 1.82) is 0 Å². The van der Waals surface area contributed by atoms with Gasteiger partial charge in [0.2, 0.25) is 0 Å². The summed E-state index contributed by atoms with van der Waals surface area (Å²) in [6.45, 7) is 2.56.